The Bertz CT molecular complexity index is 1120. The van der Waals surface area contributed by atoms with Crippen molar-refractivity contribution in [2.24, 2.45) is 0 Å². The third-order valence-corrected chi connectivity index (χ3v) is 7.13. The third-order valence-electron chi connectivity index (χ3n) is 6.12. The molecular formula is C25H34FN7O3S. The van der Waals surface area contributed by atoms with Crippen LogP contribution in [0.3, 0.4) is 0 Å². The van der Waals surface area contributed by atoms with Gasteiger partial charge in [0.2, 0.25) is 11.9 Å². The molecule has 12 heteroatoms. The SMILES string of the molecule is CC.COc1cccc(OC)c1-n1c(NSC2CCCN(c3ncc(F)cn3)C2)nnc1C1CCCO1. The van der Waals surface area contributed by atoms with Crippen LogP contribution in [0.5, 0.6) is 11.5 Å². The van der Waals surface area contributed by atoms with Gasteiger partial charge in [-0.05, 0) is 49.8 Å². The Kier molecular flexibility index (Phi) is 9.40. The lowest BCUT2D eigenvalue weighted by molar-refractivity contribution is 0.103. The van der Waals surface area contributed by atoms with Gasteiger partial charge in [-0.15, -0.1) is 10.2 Å². The van der Waals surface area contributed by atoms with Gasteiger partial charge in [-0.1, -0.05) is 19.9 Å². The number of halogens is 1. The van der Waals surface area contributed by atoms with Gasteiger partial charge < -0.3 is 19.1 Å². The fourth-order valence-electron chi connectivity index (χ4n) is 4.45. The number of piperidine rings is 1. The maximum Gasteiger partial charge on any atom is 0.239 e. The quantitative estimate of drug-likeness (QED) is 0.407. The minimum absolute atomic E-state index is 0.154. The normalized spacial score (nSPS) is 19.2. The van der Waals surface area contributed by atoms with Crippen LogP contribution in [0.2, 0.25) is 0 Å². The van der Waals surface area contributed by atoms with Crippen molar-refractivity contribution in [3.63, 3.8) is 0 Å². The molecule has 0 amide bonds. The van der Waals surface area contributed by atoms with E-state index >= 15 is 0 Å². The molecule has 37 heavy (non-hydrogen) atoms. The van der Waals surface area contributed by atoms with Crippen LogP contribution in [-0.4, -0.2) is 63.9 Å². The number of hydrogen-bond acceptors (Lipinski definition) is 10. The first-order chi connectivity index (χ1) is 18.2. The molecule has 10 nitrogen and oxygen atoms in total. The second kappa shape index (κ2) is 12.9. The van der Waals surface area contributed by atoms with E-state index in [1.807, 2.05) is 36.6 Å². The molecule has 5 rings (SSSR count). The largest absolute Gasteiger partial charge is 0.494 e. The van der Waals surface area contributed by atoms with E-state index in [0.29, 0.717) is 35.8 Å². The van der Waals surface area contributed by atoms with Crippen molar-refractivity contribution in [2.45, 2.75) is 50.9 Å². The number of ether oxygens (including phenoxy) is 3. The molecule has 2 saturated heterocycles. The molecule has 4 heterocycles. The molecule has 2 atom stereocenters. The lowest BCUT2D eigenvalue weighted by Crippen LogP contribution is -2.38. The van der Waals surface area contributed by atoms with Crippen LogP contribution in [0, 0.1) is 5.82 Å². The minimum Gasteiger partial charge on any atom is -0.494 e. The van der Waals surface area contributed by atoms with E-state index in [0.717, 1.165) is 44.5 Å². The highest BCUT2D eigenvalue weighted by molar-refractivity contribution is 8.01. The number of benzene rings is 1. The topological polar surface area (TPSA) is 99.5 Å². The molecule has 2 fully saturated rings. The average Bonchev–Trinajstić information content (AvgIpc) is 3.63. The number of methoxy groups -OCH3 is 2. The van der Waals surface area contributed by atoms with Gasteiger partial charge in [0.1, 0.15) is 23.3 Å². The first kappa shape index (κ1) is 26.9. The van der Waals surface area contributed by atoms with Crippen LogP contribution < -0.4 is 19.1 Å². The molecule has 1 aromatic carbocycles. The van der Waals surface area contributed by atoms with E-state index < -0.39 is 5.82 Å². The van der Waals surface area contributed by atoms with Crippen molar-refractivity contribution in [3.05, 3.63) is 42.2 Å². The number of nitrogens with zero attached hydrogens (tertiary/aromatic N) is 6. The molecule has 2 aliphatic heterocycles. The number of para-hydroxylation sites is 1. The van der Waals surface area contributed by atoms with Gasteiger partial charge in [-0.2, -0.15) is 0 Å². The summed E-state index contributed by atoms with van der Waals surface area (Å²) in [6, 6.07) is 5.65. The summed E-state index contributed by atoms with van der Waals surface area (Å²) in [5.41, 5.74) is 0.723. The second-order valence-corrected chi connectivity index (χ2v) is 9.47. The zero-order valence-corrected chi connectivity index (χ0v) is 22.5. The Morgan fingerprint density at radius 1 is 1.05 bits per heavy atom. The molecule has 0 aliphatic carbocycles. The molecule has 1 N–H and O–H groups in total. The van der Waals surface area contributed by atoms with Crippen molar-refractivity contribution in [2.75, 3.05) is 43.5 Å². The lowest BCUT2D eigenvalue weighted by atomic mass is 10.1. The molecule has 0 radical (unpaired) electrons. The monoisotopic (exact) mass is 531 g/mol. The van der Waals surface area contributed by atoms with Crippen LogP contribution in [0.1, 0.15) is 51.5 Å². The van der Waals surface area contributed by atoms with Crippen LogP contribution >= 0.6 is 11.9 Å². The Balaban J connectivity index is 0.00000156. The van der Waals surface area contributed by atoms with Crippen molar-refractivity contribution < 1.29 is 18.6 Å². The first-order valence-electron chi connectivity index (χ1n) is 12.6. The first-order valence-corrected chi connectivity index (χ1v) is 13.5. The van der Waals surface area contributed by atoms with Crippen LogP contribution in [0.15, 0.2) is 30.6 Å². The highest BCUT2D eigenvalue weighted by Crippen LogP contribution is 2.39. The molecule has 0 saturated carbocycles. The summed E-state index contributed by atoms with van der Waals surface area (Å²) in [6.07, 6.45) is 6.09. The predicted molar refractivity (Wildman–Crippen MR) is 142 cm³/mol. The Morgan fingerprint density at radius 2 is 1.78 bits per heavy atom. The van der Waals surface area contributed by atoms with E-state index in [1.54, 1.807) is 26.2 Å². The van der Waals surface area contributed by atoms with Crippen LogP contribution in [-0.2, 0) is 4.74 Å². The zero-order chi connectivity index (χ0) is 26.2. The molecule has 3 aromatic rings. The molecule has 2 aromatic heterocycles. The maximum atomic E-state index is 13.2. The number of rotatable bonds is 8. The van der Waals surface area contributed by atoms with Crippen molar-refractivity contribution in [1.82, 2.24) is 24.7 Å². The van der Waals surface area contributed by atoms with Gasteiger partial charge in [0, 0.05) is 24.9 Å². The van der Waals surface area contributed by atoms with Gasteiger partial charge >= 0.3 is 0 Å². The van der Waals surface area contributed by atoms with Crippen LogP contribution in [0.25, 0.3) is 5.69 Å². The van der Waals surface area contributed by atoms with Gasteiger partial charge in [0.15, 0.2) is 11.6 Å². The van der Waals surface area contributed by atoms with Gasteiger partial charge in [-0.3, -0.25) is 9.29 Å². The maximum absolute atomic E-state index is 13.2. The van der Waals surface area contributed by atoms with Gasteiger partial charge in [-0.25, -0.2) is 14.4 Å². The number of anilines is 2. The van der Waals surface area contributed by atoms with Gasteiger partial charge in [0.05, 0.1) is 26.6 Å². The highest BCUT2D eigenvalue weighted by Gasteiger charge is 2.30. The highest BCUT2D eigenvalue weighted by atomic mass is 32.2. The predicted octanol–water partition coefficient (Wildman–Crippen LogP) is 4.82. The Labute approximate surface area is 221 Å². The molecule has 2 unspecified atom stereocenters. The third kappa shape index (κ3) is 6.07. The van der Waals surface area contributed by atoms with E-state index in [-0.39, 0.29) is 11.4 Å². The molecular weight excluding hydrogens is 497 g/mol. The van der Waals surface area contributed by atoms with E-state index in [4.69, 9.17) is 14.2 Å². The molecule has 2 aliphatic rings. The van der Waals surface area contributed by atoms with Crippen molar-refractivity contribution in [1.29, 1.82) is 0 Å². The fraction of sp³-hybridized carbons (Fsp3) is 0.520. The summed E-state index contributed by atoms with van der Waals surface area (Å²) < 4.78 is 35.9. The number of aromatic nitrogens is 5. The lowest BCUT2D eigenvalue weighted by Gasteiger charge is -2.32. The van der Waals surface area contributed by atoms with Crippen LogP contribution in [0.4, 0.5) is 16.3 Å². The summed E-state index contributed by atoms with van der Waals surface area (Å²) in [5.74, 6) is 2.67. The van der Waals surface area contributed by atoms with E-state index in [1.165, 1.54) is 12.4 Å². The Morgan fingerprint density at radius 3 is 2.43 bits per heavy atom. The summed E-state index contributed by atoms with van der Waals surface area (Å²) >= 11 is 1.58. The summed E-state index contributed by atoms with van der Waals surface area (Å²) in [4.78, 5) is 10.3. The summed E-state index contributed by atoms with van der Waals surface area (Å²) in [5, 5.41) is 9.21. The van der Waals surface area contributed by atoms with E-state index in [2.05, 4.69) is 29.8 Å². The second-order valence-electron chi connectivity index (χ2n) is 8.36. The number of nitrogens with one attached hydrogen (secondary N) is 1. The van der Waals surface area contributed by atoms with Crippen molar-refractivity contribution in [3.8, 4) is 17.2 Å². The molecule has 200 valence electrons. The Hall–Kier alpha value is -3.12. The fourth-order valence-corrected chi connectivity index (χ4v) is 5.39. The van der Waals surface area contributed by atoms with E-state index in [9.17, 15) is 4.39 Å². The van der Waals surface area contributed by atoms with Gasteiger partial charge in [0.25, 0.3) is 0 Å². The minimum atomic E-state index is -0.438. The summed E-state index contributed by atoms with van der Waals surface area (Å²) in [6.45, 7) is 6.26. The number of hydrogen-bond donors (Lipinski definition) is 1. The van der Waals surface area contributed by atoms with Crippen molar-refractivity contribution >= 4 is 23.8 Å². The molecule has 0 bridgehead atoms. The standard InChI is InChI=1S/C23H28FN7O3S.C2H6/c1-32-17-7-3-8-18(33-2)20(17)31-21(19-9-5-11-34-19)27-28-23(31)29-35-16-6-4-10-30(14-16)22-25-12-15(24)13-26-22;1-2/h3,7-8,12-13,16,19H,4-6,9-11,14H2,1-2H3,(H,28,29);1-2H3. The summed E-state index contributed by atoms with van der Waals surface area (Å²) in [7, 11) is 3.26. The average molecular weight is 532 g/mol. The zero-order valence-electron chi connectivity index (χ0n) is 21.7. The smallest absolute Gasteiger partial charge is 0.239 e. The molecule has 0 spiro atoms.